The average molecular weight is 242 g/mol. The summed E-state index contributed by atoms with van der Waals surface area (Å²) in [6.07, 6.45) is 0. The molecule has 0 amide bonds. The molecule has 1 aromatic rings. The molecule has 0 unspecified atom stereocenters. The number of aromatic amines is 1. The molecule has 0 atom stereocenters. The summed E-state index contributed by atoms with van der Waals surface area (Å²) in [6, 6.07) is 0. The lowest BCUT2D eigenvalue weighted by atomic mass is 10.2. The molecule has 1 rings (SSSR count). The number of thioether (sulfide) groups is 1. The Morgan fingerprint density at radius 1 is 1.50 bits per heavy atom. The van der Waals surface area contributed by atoms with Gasteiger partial charge in [0.05, 0.1) is 7.11 Å². The van der Waals surface area contributed by atoms with Crippen LogP contribution < -0.4 is 5.69 Å². The van der Waals surface area contributed by atoms with Crippen molar-refractivity contribution in [3.8, 4) is 0 Å². The number of methoxy groups -OCH3 is 1. The lowest BCUT2D eigenvalue weighted by Gasteiger charge is -2.10. The molecule has 88 valence electrons. The van der Waals surface area contributed by atoms with E-state index in [2.05, 4.69) is 14.7 Å². The highest BCUT2D eigenvalue weighted by Gasteiger charge is 2.19. The first-order valence-electron chi connectivity index (χ1n) is 4.81. The zero-order chi connectivity index (χ0) is 12.3. The van der Waals surface area contributed by atoms with Crippen molar-refractivity contribution < 1.29 is 9.53 Å². The van der Waals surface area contributed by atoms with Crippen LogP contribution in [0.25, 0.3) is 0 Å². The SMILES string of the molecule is COC(=O)c1c(SC(C)C)nc(=O)[nH]c1C. The third kappa shape index (κ3) is 2.85. The lowest BCUT2D eigenvalue weighted by molar-refractivity contribution is 0.0594. The van der Waals surface area contributed by atoms with E-state index in [4.69, 9.17) is 0 Å². The van der Waals surface area contributed by atoms with Gasteiger partial charge in [-0.05, 0) is 6.92 Å². The molecule has 0 bridgehead atoms. The minimum absolute atomic E-state index is 0.233. The van der Waals surface area contributed by atoms with Crippen LogP contribution in [0, 0.1) is 6.92 Å². The van der Waals surface area contributed by atoms with E-state index < -0.39 is 11.7 Å². The predicted octanol–water partition coefficient (Wildman–Crippen LogP) is 1.37. The van der Waals surface area contributed by atoms with Crippen molar-refractivity contribution in [2.24, 2.45) is 0 Å². The smallest absolute Gasteiger partial charge is 0.346 e. The summed E-state index contributed by atoms with van der Waals surface area (Å²) in [5.41, 5.74) is 0.365. The quantitative estimate of drug-likeness (QED) is 0.492. The highest BCUT2D eigenvalue weighted by atomic mass is 32.2. The molecule has 0 aliphatic carbocycles. The first-order valence-corrected chi connectivity index (χ1v) is 5.69. The van der Waals surface area contributed by atoms with Gasteiger partial charge < -0.3 is 9.72 Å². The molecule has 16 heavy (non-hydrogen) atoms. The Hall–Kier alpha value is -1.30. The van der Waals surface area contributed by atoms with Crippen LogP contribution in [0.2, 0.25) is 0 Å². The number of nitrogens with zero attached hydrogens (tertiary/aromatic N) is 1. The van der Waals surface area contributed by atoms with Crippen LogP contribution in [0.1, 0.15) is 29.9 Å². The molecule has 0 saturated heterocycles. The van der Waals surface area contributed by atoms with Crippen LogP contribution in [-0.4, -0.2) is 28.3 Å². The molecule has 0 aromatic carbocycles. The summed E-state index contributed by atoms with van der Waals surface area (Å²) in [7, 11) is 1.30. The van der Waals surface area contributed by atoms with Gasteiger partial charge in [0.1, 0.15) is 10.6 Å². The Morgan fingerprint density at radius 2 is 2.12 bits per heavy atom. The molecule has 1 N–H and O–H groups in total. The highest BCUT2D eigenvalue weighted by Crippen LogP contribution is 2.25. The van der Waals surface area contributed by atoms with Gasteiger partial charge >= 0.3 is 11.7 Å². The van der Waals surface area contributed by atoms with Gasteiger partial charge in [-0.3, -0.25) is 0 Å². The topological polar surface area (TPSA) is 72.0 Å². The molecular weight excluding hydrogens is 228 g/mol. The molecule has 0 aliphatic rings. The normalized spacial score (nSPS) is 10.6. The second kappa shape index (κ2) is 5.16. The first-order chi connectivity index (χ1) is 7.45. The largest absolute Gasteiger partial charge is 0.465 e. The van der Waals surface area contributed by atoms with Crippen molar-refractivity contribution >= 4 is 17.7 Å². The van der Waals surface area contributed by atoms with E-state index in [9.17, 15) is 9.59 Å². The predicted molar refractivity (Wildman–Crippen MR) is 61.9 cm³/mol. The second-order valence-electron chi connectivity index (χ2n) is 3.51. The summed E-state index contributed by atoms with van der Waals surface area (Å²) in [6.45, 7) is 5.58. The second-order valence-corrected chi connectivity index (χ2v) is 5.07. The monoisotopic (exact) mass is 242 g/mol. The number of aryl methyl sites for hydroxylation is 1. The van der Waals surface area contributed by atoms with E-state index in [0.29, 0.717) is 16.3 Å². The van der Waals surface area contributed by atoms with Crippen LogP contribution in [0.3, 0.4) is 0 Å². The number of nitrogens with one attached hydrogen (secondary N) is 1. The van der Waals surface area contributed by atoms with Crippen molar-refractivity contribution in [2.45, 2.75) is 31.0 Å². The number of ether oxygens (including phenoxy) is 1. The molecular formula is C10H14N2O3S. The Labute approximate surface area is 97.6 Å². The molecule has 0 aliphatic heterocycles. The number of hydrogen-bond acceptors (Lipinski definition) is 5. The van der Waals surface area contributed by atoms with Crippen molar-refractivity contribution in [3.63, 3.8) is 0 Å². The van der Waals surface area contributed by atoms with Crippen LogP contribution >= 0.6 is 11.8 Å². The third-order valence-electron chi connectivity index (χ3n) is 1.82. The van der Waals surface area contributed by atoms with Crippen LogP contribution in [-0.2, 0) is 4.74 Å². The van der Waals surface area contributed by atoms with Gasteiger partial charge in [-0.15, -0.1) is 11.8 Å². The van der Waals surface area contributed by atoms with E-state index in [0.717, 1.165) is 0 Å². The number of esters is 1. The lowest BCUT2D eigenvalue weighted by Crippen LogP contribution is -2.19. The van der Waals surface area contributed by atoms with Crippen LogP contribution in [0.4, 0.5) is 0 Å². The first kappa shape index (κ1) is 12.8. The van der Waals surface area contributed by atoms with E-state index in [1.54, 1.807) is 6.92 Å². The van der Waals surface area contributed by atoms with E-state index >= 15 is 0 Å². The van der Waals surface area contributed by atoms with Gasteiger partial charge in [0.2, 0.25) is 0 Å². The van der Waals surface area contributed by atoms with E-state index in [-0.39, 0.29) is 5.25 Å². The summed E-state index contributed by atoms with van der Waals surface area (Å²) >= 11 is 1.37. The van der Waals surface area contributed by atoms with E-state index in [1.807, 2.05) is 13.8 Å². The fraction of sp³-hybridized carbons (Fsp3) is 0.500. The van der Waals surface area contributed by atoms with Gasteiger partial charge in [-0.2, -0.15) is 4.98 Å². The average Bonchev–Trinajstić information content (AvgIpc) is 2.14. The van der Waals surface area contributed by atoms with Gasteiger partial charge in [0, 0.05) is 10.9 Å². The molecule has 0 saturated carbocycles. The molecule has 0 fully saturated rings. The number of carbonyl (C=O) groups excluding carboxylic acids is 1. The maximum absolute atomic E-state index is 11.6. The number of H-pyrrole nitrogens is 1. The van der Waals surface area contributed by atoms with Crippen molar-refractivity contribution in [1.82, 2.24) is 9.97 Å². The molecule has 1 heterocycles. The van der Waals surface area contributed by atoms with Crippen molar-refractivity contribution in [3.05, 3.63) is 21.7 Å². The number of aromatic nitrogens is 2. The fourth-order valence-electron chi connectivity index (χ4n) is 1.21. The molecule has 0 spiro atoms. The Kier molecular flexibility index (Phi) is 4.12. The fourth-order valence-corrected chi connectivity index (χ4v) is 2.15. The maximum Gasteiger partial charge on any atom is 0.346 e. The minimum Gasteiger partial charge on any atom is -0.465 e. The zero-order valence-electron chi connectivity index (χ0n) is 9.66. The molecule has 1 aromatic heterocycles. The van der Waals surface area contributed by atoms with Gasteiger partial charge in [-0.25, -0.2) is 9.59 Å². The van der Waals surface area contributed by atoms with Crippen LogP contribution in [0.5, 0.6) is 0 Å². The van der Waals surface area contributed by atoms with E-state index in [1.165, 1.54) is 18.9 Å². The summed E-state index contributed by atoms with van der Waals surface area (Å²) in [4.78, 5) is 29.1. The number of hydrogen-bond donors (Lipinski definition) is 1. The van der Waals surface area contributed by atoms with Crippen LogP contribution in [0.15, 0.2) is 9.82 Å². The highest BCUT2D eigenvalue weighted by molar-refractivity contribution is 7.99. The molecule has 0 radical (unpaired) electrons. The Balaban J connectivity index is 3.32. The summed E-state index contributed by atoms with van der Waals surface area (Å²) in [5, 5.41) is 0.653. The van der Waals surface area contributed by atoms with Gasteiger partial charge in [0.25, 0.3) is 0 Å². The summed E-state index contributed by atoms with van der Waals surface area (Å²) in [5.74, 6) is -0.482. The number of rotatable bonds is 3. The van der Waals surface area contributed by atoms with Crippen molar-refractivity contribution in [1.29, 1.82) is 0 Å². The maximum atomic E-state index is 11.6. The molecule has 5 nitrogen and oxygen atoms in total. The van der Waals surface area contributed by atoms with Gasteiger partial charge in [0.15, 0.2) is 0 Å². The Morgan fingerprint density at radius 3 is 2.62 bits per heavy atom. The molecule has 6 heteroatoms. The van der Waals surface area contributed by atoms with Crippen molar-refractivity contribution in [2.75, 3.05) is 7.11 Å². The number of carbonyl (C=O) groups is 1. The zero-order valence-corrected chi connectivity index (χ0v) is 10.5. The Bertz CT molecular complexity index is 454. The minimum atomic E-state index is -0.482. The standard InChI is InChI=1S/C10H14N2O3S/c1-5(2)16-8-7(9(13)15-4)6(3)11-10(14)12-8/h5H,1-4H3,(H,11,12,14). The van der Waals surface area contributed by atoms with Gasteiger partial charge in [-0.1, -0.05) is 13.8 Å². The summed E-state index contributed by atoms with van der Waals surface area (Å²) < 4.78 is 4.66. The third-order valence-corrected chi connectivity index (χ3v) is 2.81.